The van der Waals surface area contributed by atoms with Gasteiger partial charge < -0.3 is 9.84 Å². The van der Waals surface area contributed by atoms with Crippen LogP contribution in [0.1, 0.15) is 30.4 Å². The summed E-state index contributed by atoms with van der Waals surface area (Å²) >= 11 is 5.80. The van der Waals surface area contributed by atoms with E-state index in [9.17, 15) is 5.11 Å². The van der Waals surface area contributed by atoms with Crippen LogP contribution in [0, 0.1) is 0 Å². The molecule has 2 aromatic carbocycles. The highest BCUT2D eigenvalue weighted by Gasteiger charge is 2.13. The van der Waals surface area contributed by atoms with Gasteiger partial charge in [-0.15, -0.1) is 0 Å². The molecule has 0 aliphatic carbocycles. The molecule has 18 heavy (non-hydrogen) atoms. The minimum atomic E-state index is -0.947. The topological polar surface area (TPSA) is 29.5 Å². The number of ether oxygens (including phenoxy) is 1. The standard InChI is InChI=1S/C15H15ClO2/c1-11(12-5-3-2-4-6-12)18-15(17)13-7-9-14(16)10-8-13/h2-11,15,17H,1H3. The van der Waals surface area contributed by atoms with Gasteiger partial charge in [0.25, 0.3) is 0 Å². The first kappa shape index (κ1) is 13.1. The Morgan fingerprint density at radius 2 is 1.56 bits per heavy atom. The van der Waals surface area contributed by atoms with Crippen LogP contribution in [0.15, 0.2) is 54.6 Å². The van der Waals surface area contributed by atoms with Gasteiger partial charge in [-0.2, -0.15) is 0 Å². The van der Waals surface area contributed by atoms with E-state index in [4.69, 9.17) is 16.3 Å². The van der Waals surface area contributed by atoms with Crippen LogP contribution in [0.4, 0.5) is 0 Å². The van der Waals surface area contributed by atoms with Gasteiger partial charge in [-0.3, -0.25) is 0 Å². The number of aliphatic hydroxyl groups is 1. The highest BCUT2D eigenvalue weighted by molar-refractivity contribution is 6.30. The maximum Gasteiger partial charge on any atom is 0.181 e. The lowest BCUT2D eigenvalue weighted by atomic mass is 10.1. The van der Waals surface area contributed by atoms with Crippen LogP contribution in [0.2, 0.25) is 5.02 Å². The highest BCUT2D eigenvalue weighted by Crippen LogP contribution is 2.25. The molecule has 0 bridgehead atoms. The molecule has 2 nitrogen and oxygen atoms in total. The maximum absolute atomic E-state index is 9.98. The second-order valence-electron chi connectivity index (χ2n) is 4.09. The first-order chi connectivity index (χ1) is 8.66. The van der Waals surface area contributed by atoms with Crippen molar-refractivity contribution in [3.63, 3.8) is 0 Å². The van der Waals surface area contributed by atoms with E-state index >= 15 is 0 Å². The van der Waals surface area contributed by atoms with Crippen molar-refractivity contribution >= 4 is 11.6 Å². The fraction of sp³-hybridized carbons (Fsp3) is 0.200. The molecule has 0 heterocycles. The molecule has 0 aliphatic rings. The van der Waals surface area contributed by atoms with Gasteiger partial charge in [0.1, 0.15) is 0 Å². The van der Waals surface area contributed by atoms with E-state index in [0.717, 1.165) is 5.56 Å². The second kappa shape index (κ2) is 6.01. The van der Waals surface area contributed by atoms with Crippen molar-refractivity contribution < 1.29 is 9.84 Å². The number of hydrogen-bond donors (Lipinski definition) is 1. The van der Waals surface area contributed by atoms with E-state index in [1.165, 1.54) is 0 Å². The van der Waals surface area contributed by atoms with Crippen LogP contribution in [-0.4, -0.2) is 5.11 Å². The van der Waals surface area contributed by atoms with Gasteiger partial charge in [0.15, 0.2) is 6.29 Å². The second-order valence-corrected chi connectivity index (χ2v) is 4.53. The smallest absolute Gasteiger partial charge is 0.181 e. The normalized spacial score (nSPS) is 14.2. The van der Waals surface area contributed by atoms with Crippen molar-refractivity contribution in [1.29, 1.82) is 0 Å². The van der Waals surface area contributed by atoms with Crippen LogP contribution in [0.5, 0.6) is 0 Å². The van der Waals surface area contributed by atoms with Gasteiger partial charge in [-0.05, 0) is 24.6 Å². The monoisotopic (exact) mass is 262 g/mol. The predicted octanol–water partition coefficient (Wildman–Crippen LogP) is 4.11. The molecule has 0 saturated heterocycles. The molecule has 0 aliphatic heterocycles. The lowest BCUT2D eigenvalue weighted by Gasteiger charge is -2.18. The lowest BCUT2D eigenvalue weighted by molar-refractivity contribution is -0.136. The zero-order valence-electron chi connectivity index (χ0n) is 10.1. The molecule has 0 fully saturated rings. The lowest BCUT2D eigenvalue weighted by Crippen LogP contribution is -2.07. The average molecular weight is 263 g/mol. The van der Waals surface area contributed by atoms with E-state index in [1.807, 2.05) is 37.3 Å². The van der Waals surface area contributed by atoms with Crippen molar-refractivity contribution in [3.8, 4) is 0 Å². The molecule has 0 aromatic heterocycles. The molecule has 0 amide bonds. The summed E-state index contributed by atoms with van der Waals surface area (Å²) in [5.74, 6) is 0. The van der Waals surface area contributed by atoms with Crippen LogP contribution in [0.3, 0.4) is 0 Å². The molecule has 0 saturated carbocycles. The molecule has 2 aromatic rings. The molecule has 3 heteroatoms. The maximum atomic E-state index is 9.98. The molecule has 2 atom stereocenters. The Morgan fingerprint density at radius 3 is 2.17 bits per heavy atom. The van der Waals surface area contributed by atoms with Gasteiger partial charge in [-0.1, -0.05) is 54.1 Å². The summed E-state index contributed by atoms with van der Waals surface area (Å²) in [5.41, 5.74) is 1.73. The number of hydrogen-bond acceptors (Lipinski definition) is 2. The quantitative estimate of drug-likeness (QED) is 0.841. The Bertz CT molecular complexity index is 482. The minimum Gasteiger partial charge on any atom is -0.364 e. The summed E-state index contributed by atoms with van der Waals surface area (Å²) in [6.45, 7) is 1.91. The number of benzene rings is 2. The van der Waals surface area contributed by atoms with Crippen LogP contribution in [-0.2, 0) is 4.74 Å². The molecule has 94 valence electrons. The van der Waals surface area contributed by atoms with Gasteiger partial charge >= 0.3 is 0 Å². The van der Waals surface area contributed by atoms with Crippen LogP contribution >= 0.6 is 11.6 Å². The van der Waals surface area contributed by atoms with Crippen molar-refractivity contribution in [2.75, 3.05) is 0 Å². The third-order valence-corrected chi connectivity index (χ3v) is 3.01. The fourth-order valence-electron chi connectivity index (χ4n) is 1.70. The molecular formula is C15H15ClO2. The number of halogens is 1. The molecule has 0 radical (unpaired) electrons. The summed E-state index contributed by atoms with van der Waals surface area (Å²) in [5, 5.41) is 10.6. The van der Waals surface area contributed by atoms with Crippen LogP contribution in [0.25, 0.3) is 0 Å². The first-order valence-electron chi connectivity index (χ1n) is 5.81. The van der Waals surface area contributed by atoms with Crippen molar-refractivity contribution in [2.24, 2.45) is 0 Å². The van der Waals surface area contributed by atoms with Gasteiger partial charge in [0.05, 0.1) is 6.10 Å². The zero-order chi connectivity index (χ0) is 13.0. The summed E-state index contributed by atoms with van der Waals surface area (Å²) < 4.78 is 5.57. The van der Waals surface area contributed by atoms with Gasteiger partial charge in [-0.25, -0.2) is 0 Å². The summed E-state index contributed by atoms with van der Waals surface area (Å²) in [6, 6.07) is 16.8. The molecule has 1 N–H and O–H groups in total. The van der Waals surface area contributed by atoms with Gasteiger partial charge in [0, 0.05) is 10.6 Å². The average Bonchev–Trinajstić information content (AvgIpc) is 2.40. The largest absolute Gasteiger partial charge is 0.364 e. The molecule has 0 spiro atoms. The first-order valence-corrected chi connectivity index (χ1v) is 6.18. The van der Waals surface area contributed by atoms with E-state index in [2.05, 4.69) is 0 Å². The van der Waals surface area contributed by atoms with Crippen LogP contribution < -0.4 is 0 Å². The Morgan fingerprint density at radius 1 is 0.944 bits per heavy atom. The Hall–Kier alpha value is -1.35. The van der Waals surface area contributed by atoms with E-state index in [1.54, 1.807) is 24.3 Å². The Labute approximate surface area is 112 Å². The number of rotatable bonds is 4. The minimum absolute atomic E-state index is 0.170. The van der Waals surface area contributed by atoms with Gasteiger partial charge in [0.2, 0.25) is 0 Å². The van der Waals surface area contributed by atoms with E-state index in [-0.39, 0.29) is 6.10 Å². The third-order valence-electron chi connectivity index (χ3n) is 2.76. The highest BCUT2D eigenvalue weighted by atomic mass is 35.5. The molecule has 2 rings (SSSR count). The van der Waals surface area contributed by atoms with Crippen molar-refractivity contribution in [2.45, 2.75) is 19.3 Å². The third kappa shape index (κ3) is 3.33. The predicted molar refractivity (Wildman–Crippen MR) is 72.4 cm³/mol. The molecular weight excluding hydrogens is 248 g/mol. The summed E-state index contributed by atoms with van der Waals surface area (Å²) in [7, 11) is 0. The SMILES string of the molecule is CC(OC(O)c1ccc(Cl)cc1)c1ccccc1. The van der Waals surface area contributed by atoms with Crippen molar-refractivity contribution in [3.05, 3.63) is 70.7 Å². The summed E-state index contributed by atoms with van der Waals surface area (Å²) in [4.78, 5) is 0. The Balaban J connectivity index is 2.03. The zero-order valence-corrected chi connectivity index (χ0v) is 10.8. The fourth-order valence-corrected chi connectivity index (χ4v) is 1.83. The van der Waals surface area contributed by atoms with Crippen molar-refractivity contribution in [1.82, 2.24) is 0 Å². The van der Waals surface area contributed by atoms with E-state index < -0.39 is 6.29 Å². The number of aliphatic hydroxyl groups excluding tert-OH is 1. The Kier molecular flexibility index (Phi) is 4.37. The molecule has 2 unspecified atom stereocenters. The van der Waals surface area contributed by atoms with E-state index in [0.29, 0.717) is 10.6 Å². The summed E-state index contributed by atoms with van der Waals surface area (Å²) in [6.07, 6.45) is -1.12.